The number of benzene rings is 1. The van der Waals surface area contributed by atoms with E-state index in [1.54, 1.807) is 11.3 Å². The number of fused-ring (bicyclic) bond motifs is 1. The first-order valence-corrected chi connectivity index (χ1v) is 11.9. The van der Waals surface area contributed by atoms with Crippen molar-refractivity contribution in [2.75, 3.05) is 0 Å². The third kappa shape index (κ3) is 4.12. The minimum atomic E-state index is 0.297. The fraction of sp³-hybridized carbons (Fsp3) is 0.407. The molecule has 0 aliphatic heterocycles. The van der Waals surface area contributed by atoms with Gasteiger partial charge in [0.15, 0.2) is 0 Å². The Morgan fingerprint density at radius 1 is 1.16 bits per heavy atom. The van der Waals surface area contributed by atoms with Crippen molar-refractivity contribution >= 4 is 22.6 Å². The minimum absolute atomic E-state index is 0.297. The molecule has 2 heterocycles. The number of aliphatic imine (C=N–C) groups is 1. The highest BCUT2D eigenvalue weighted by atomic mass is 32.1. The SMILES string of the molecule is Cc1ccc(-n2c(C)cc(C=Nc3sc4c(c3C#N)CC[C@H](C(C)(C)C)C4)c2C)cc1. The lowest BCUT2D eigenvalue weighted by molar-refractivity contribution is 0.218. The molecule has 2 aromatic heterocycles. The van der Waals surface area contributed by atoms with E-state index in [-0.39, 0.29) is 0 Å². The van der Waals surface area contributed by atoms with Gasteiger partial charge in [-0.2, -0.15) is 5.26 Å². The molecule has 3 nitrogen and oxygen atoms in total. The molecule has 1 aliphatic carbocycles. The fourth-order valence-electron chi connectivity index (χ4n) is 4.65. The van der Waals surface area contributed by atoms with Crippen molar-refractivity contribution in [3.63, 3.8) is 0 Å². The van der Waals surface area contributed by atoms with Gasteiger partial charge in [-0.3, -0.25) is 0 Å². The minimum Gasteiger partial charge on any atom is -0.318 e. The van der Waals surface area contributed by atoms with Crippen molar-refractivity contribution < 1.29 is 0 Å². The number of aryl methyl sites for hydroxylation is 2. The van der Waals surface area contributed by atoms with Crippen LogP contribution < -0.4 is 0 Å². The predicted octanol–water partition coefficient (Wildman–Crippen LogP) is 7.24. The zero-order valence-corrected chi connectivity index (χ0v) is 20.2. The standard InChI is InChI=1S/C27H31N3S/c1-17-7-10-22(11-8-17)30-18(2)13-20(19(30)3)16-29-26-24(15-28)23-12-9-21(27(4,5)6)14-25(23)31-26/h7-8,10-11,13,16,21H,9,12,14H2,1-6H3/t21-/m0/s1. The summed E-state index contributed by atoms with van der Waals surface area (Å²) in [5.74, 6) is 0.662. The van der Waals surface area contributed by atoms with Crippen molar-refractivity contribution in [2.24, 2.45) is 16.3 Å². The van der Waals surface area contributed by atoms with Gasteiger partial charge in [0, 0.05) is 33.7 Å². The summed E-state index contributed by atoms with van der Waals surface area (Å²) in [6, 6.07) is 13.2. The molecular formula is C27H31N3S. The first-order chi connectivity index (χ1) is 14.7. The highest BCUT2D eigenvalue weighted by Gasteiger charge is 2.32. The molecule has 31 heavy (non-hydrogen) atoms. The summed E-state index contributed by atoms with van der Waals surface area (Å²) in [5.41, 5.74) is 8.19. The number of aromatic nitrogens is 1. The zero-order valence-electron chi connectivity index (χ0n) is 19.4. The van der Waals surface area contributed by atoms with Gasteiger partial charge in [0.05, 0.1) is 5.56 Å². The molecule has 4 rings (SSSR count). The molecule has 160 valence electrons. The van der Waals surface area contributed by atoms with E-state index in [9.17, 15) is 5.26 Å². The van der Waals surface area contributed by atoms with E-state index >= 15 is 0 Å². The first-order valence-electron chi connectivity index (χ1n) is 11.0. The van der Waals surface area contributed by atoms with Gasteiger partial charge in [0.1, 0.15) is 11.1 Å². The van der Waals surface area contributed by atoms with Crippen LogP contribution in [0.15, 0.2) is 35.3 Å². The van der Waals surface area contributed by atoms with E-state index in [1.807, 2.05) is 6.21 Å². The van der Waals surface area contributed by atoms with Crippen LogP contribution >= 0.6 is 11.3 Å². The van der Waals surface area contributed by atoms with Crippen LogP contribution in [-0.4, -0.2) is 10.8 Å². The molecule has 0 saturated carbocycles. The Kier molecular flexibility index (Phi) is 5.66. The smallest absolute Gasteiger partial charge is 0.134 e. The normalized spacial score (nSPS) is 16.5. The highest BCUT2D eigenvalue weighted by molar-refractivity contribution is 7.16. The van der Waals surface area contributed by atoms with E-state index in [0.717, 1.165) is 46.8 Å². The van der Waals surface area contributed by atoms with Gasteiger partial charge in [0.2, 0.25) is 0 Å². The lowest BCUT2D eigenvalue weighted by atomic mass is 9.72. The predicted molar refractivity (Wildman–Crippen MR) is 131 cm³/mol. The second-order valence-electron chi connectivity index (χ2n) is 9.86. The van der Waals surface area contributed by atoms with Gasteiger partial charge >= 0.3 is 0 Å². The molecule has 0 fully saturated rings. The topological polar surface area (TPSA) is 41.1 Å². The molecule has 4 heteroatoms. The Bertz CT molecular complexity index is 1180. The molecule has 1 atom stereocenters. The summed E-state index contributed by atoms with van der Waals surface area (Å²) in [6.07, 6.45) is 5.15. The number of nitrogens with zero attached hydrogens (tertiary/aromatic N) is 3. The Hall–Kier alpha value is -2.64. The Labute approximate surface area is 190 Å². The molecule has 0 unspecified atom stereocenters. The van der Waals surface area contributed by atoms with Crippen molar-refractivity contribution in [3.8, 4) is 11.8 Å². The largest absolute Gasteiger partial charge is 0.318 e. The van der Waals surface area contributed by atoms with Crippen molar-refractivity contribution in [1.29, 1.82) is 5.26 Å². The second kappa shape index (κ2) is 8.13. The van der Waals surface area contributed by atoms with E-state index < -0.39 is 0 Å². The van der Waals surface area contributed by atoms with Gasteiger partial charge in [-0.25, -0.2) is 4.99 Å². The number of rotatable bonds is 3. The summed E-state index contributed by atoms with van der Waals surface area (Å²) in [5, 5.41) is 10.7. The van der Waals surface area contributed by atoms with Gasteiger partial charge in [-0.1, -0.05) is 38.5 Å². The fourth-order valence-corrected chi connectivity index (χ4v) is 5.88. The number of hydrogen-bond donors (Lipinski definition) is 0. The van der Waals surface area contributed by atoms with E-state index in [1.165, 1.54) is 21.7 Å². The number of thiophene rings is 1. The summed E-state index contributed by atoms with van der Waals surface area (Å²) < 4.78 is 2.26. The lowest BCUT2D eigenvalue weighted by Gasteiger charge is -2.33. The molecule has 0 bridgehead atoms. The third-order valence-corrected chi connectivity index (χ3v) is 7.83. The Morgan fingerprint density at radius 3 is 2.52 bits per heavy atom. The lowest BCUT2D eigenvalue weighted by Crippen LogP contribution is -2.26. The zero-order chi connectivity index (χ0) is 22.3. The first kappa shape index (κ1) is 21.6. The maximum atomic E-state index is 9.84. The Morgan fingerprint density at radius 2 is 1.87 bits per heavy atom. The van der Waals surface area contributed by atoms with Crippen LogP contribution in [0.1, 0.15) is 65.7 Å². The van der Waals surface area contributed by atoms with E-state index in [2.05, 4.69) is 82.5 Å². The molecule has 3 aromatic rings. The van der Waals surface area contributed by atoms with E-state index in [4.69, 9.17) is 4.99 Å². The Balaban J connectivity index is 1.66. The molecule has 1 aromatic carbocycles. The van der Waals surface area contributed by atoms with Crippen LogP contribution in [0.2, 0.25) is 0 Å². The molecule has 0 N–H and O–H groups in total. The van der Waals surface area contributed by atoms with Crippen molar-refractivity contribution in [3.05, 3.63) is 68.9 Å². The molecule has 0 amide bonds. The van der Waals surface area contributed by atoms with Crippen LogP contribution in [0.5, 0.6) is 0 Å². The highest BCUT2D eigenvalue weighted by Crippen LogP contribution is 2.44. The quantitative estimate of drug-likeness (QED) is 0.405. The van der Waals surface area contributed by atoms with Gasteiger partial charge in [0.25, 0.3) is 0 Å². The van der Waals surface area contributed by atoms with Crippen LogP contribution in [0.3, 0.4) is 0 Å². The van der Waals surface area contributed by atoms with E-state index in [0.29, 0.717) is 11.3 Å². The van der Waals surface area contributed by atoms with Crippen LogP contribution in [0.25, 0.3) is 5.69 Å². The third-order valence-electron chi connectivity index (χ3n) is 6.67. The maximum Gasteiger partial charge on any atom is 0.134 e. The number of hydrogen-bond acceptors (Lipinski definition) is 3. The summed E-state index contributed by atoms with van der Waals surface area (Å²) in [4.78, 5) is 6.18. The van der Waals surface area contributed by atoms with Gasteiger partial charge in [-0.15, -0.1) is 11.3 Å². The van der Waals surface area contributed by atoms with Gasteiger partial charge in [-0.05, 0) is 75.1 Å². The van der Waals surface area contributed by atoms with Crippen molar-refractivity contribution in [1.82, 2.24) is 4.57 Å². The summed E-state index contributed by atoms with van der Waals surface area (Å²) in [7, 11) is 0. The molecule has 0 spiro atoms. The van der Waals surface area contributed by atoms with Gasteiger partial charge < -0.3 is 4.57 Å². The second-order valence-corrected chi connectivity index (χ2v) is 10.9. The molecule has 0 saturated heterocycles. The van der Waals surface area contributed by atoms with Crippen LogP contribution in [0, 0.1) is 43.4 Å². The molecule has 1 aliphatic rings. The average molecular weight is 430 g/mol. The molecular weight excluding hydrogens is 398 g/mol. The van der Waals surface area contributed by atoms with Crippen LogP contribution in [-0.2, 0) is 12.8 Å². The monoisotopic (exact) mass is 429 g/mol. The maximum absolute atomic E-state index is 9.84. The summed E-state index contributed by atoms with van der Waals surface area (Å²) in [6.45, 7) is 13.3. The number of nitriles is 1. The van der Waals surface area contributed by atoms with Crippen LogP contribution in [0.4, 0.5) is 5.00 Å². The van der Waals surface area contributed by atoms with Crippen molar-refractivity contribution in [2.45, 2.75) is 60.8 Å². The average Bonchev–Trinajstić information content (AvgIpc) is 3.22. The summed E-state index contributed by atoms with van der Waals surface area (Å²) >= 11 is 1.71. The molecule has 0 radical (unpaired) electrons.